The molecule has 8 nitrogen and oxygen atoms in total. The lowest BCUT2D eigenvalue weighted by Crippen LogP contribution is -2.32. The van der Waals surface area contributed by atoms with Gasteiger partial charge in [0.05, 0.1) is 29.4 Å². The van der Waals surface area contributed by atoms with Gasteiger partial charge in [0.25, 0.3) is 5.91 Å². The molecule has 2 N–H and O–H groups in total. The summed E-state index contributed by atoms with van der Waals surface area (Å²) >= 11 is 1.36. The standard InChI is InChI=1S/C23H19N3O5S/c1-13-18(23(29)30-2)19(22-25-15-10-6-7-11-16(15)32-22)21(31-13)26-17(27)12-24-20(28)14-8-4-3-5-9-14/h3-11H,12H2,1-2H3,(H,24,28)(H,26,27). The number of hydrogen-bond acceptors (Lipinski definition) is 7. The topological polar surface area (TPSA) is 111 Å². The minimum absolute atomic E-state index is 0.0703. The average Bonchev–Trinajstić information content (AvgIpc) is 3.37. The Morgan fingerprint density at radius 3 is 2.50 bits per heavy atom. The highest BCUT2D eigenvalue weighted by Crippen LogP contribution is 2.40. The molecule has 0 aliphatic heterocycles. The lowest BCUT2D eigenvalue weighted by molar-refractivity contribution is -0.115. The lowest BCUT2D eigenvalue weighted by Gasteiger charge is -2.07. The quantitative estimate of drug-likeness (QED) is 0.430. The number of carbonyl (C=O) groups is 3. The highest BCUT2D eigenvalue weighted by molar-refractivity contribution is 7.21. The predicted molar refractivity (Wildman–Crippen MR) is 121 cm³/mol. The highest BCUT2D eigenvalue weighted by Gasteiger charge is 2.28. The van der Waals surface area contributed by atoms with Crippen LogP contribution in [0.2, 0.25) is 0 Å². The minimum atomic E-state index is -0.599. The van der Waals surface area contributed by atoms with E-state index in [1.165, 1.54) is 18.4 Å². The smallest absolute Gasteiger partial charge is 0.342 e. The third-order valence-electron chi connectivity index (χ3n) is 4.68. The van der Waals surface area contributed by atoms with E-state index in [-0.39, 0.29) is 29.7 Å². The molecular formula is C23H19N3O5S. The van der Waals surface area contributed by atoms with Crippen molar-refractivity contribution in [2.75, 3.05) is 19.0 Å². The Morgan fingerprint density at radius 1 is 1.06 bits per heavy atom. The zero-order valence-electron chi connectivity index (χ0n) is 17.3. The van der Waals surface area contributed by atoms with Crippen molar-refractivity contribution in [1.29, 1.82) is 0 Å². The molecule has 0 spiro atoms. The second-order valence-corrected chi connectivity index (χ2v) is 7.84. The van der Waals surface area contributed by atoms with Crippen LogP contribution in [0.25, 0.3) is 20.8 Å². The van der Waals surface area contributed by atoms with Gasteiger partial charge in [-0.3, -0.25) is 14.9 Å². The maximum Gasteiger partial charge on any atom is 0.342 e. The van der Waals surface area contributed by atoms with E-state index >= 15 is 0 Å². The predicted octanol–water partition coefficient (Wildman–Crippen LogP) is 4.02. The second kappa shape index (κ2) is 9.03. The number of nitrogens with zero attached hydrogens (tertiary/aromatic N) is 1. The number of benzene rings is 2. The Labute approximate surface area is 187 Å². The van der Waals surface area contributed by atoms with Gasteiger partial charge in [0, 0.05) is 5.56 Å². The summed E-state index contributed by atoms with van der Waals surface area (Å²) in [5, 5.41) is 5.70. The first-order chi connectivity index (χ1) is 15.5. The Morgan fingerprint density at radius 2 is 1.78 bits per heavy atom. The van der Waals surface area contributed by atoms with Gasteiger partial charge < -0.3 is 14.5 Å². The molecule has 0 unspecified atom stereocenters. The number of anilines is 1. The molecule has 0 atom stereocenters. The van der Waals surface area contributed by atoms with Crippen LogP contribution in [0.4, 0.5) is 5.88 Å². The van der Waals surface area contributed by atoms with Gasteiger partial charge in [-0.2, -0.15) is 0 Å². The van der Waals surface area contributed by atoms with E-state index in [2.05, 4.69) is 15.6 Å². The number of fused-ring (bicyclic) bond motifs is 1. The molecule has 0 saturated carbocycles. The summed E-state index contributed by atoms with van der Waals surface area (Å²) < 4.78 is 11.5. The van der Waals surface area contributed by atoms with Crippen molar-refractivity contribution in [1.82, 2.24) is 10.3 Å². The van der Waals surface area contributed by atoms with Crippen LogP contribution in [0, 0.1) is 6.92 Å². The first-order valence-corrected chi connectivity index (χ1v) is 10.5. The van der Waals surface area contributed by atoms with Gasteiger partial charge >= 0.3 is 5.97 Å². The SMILES string of the molecule is COC(=O)c1c(C)oc(NC(=O)CNC(=O)c2ccccc2)c1-c1nc2ccccc2s1. The van der Waals surface area contributed by atoms with E-state index in [0.717, 1.165) is 10.2 Å². The van der Waals surface area contributed by atoms with Gasteiger partial charge in [0.2, 0.25) is 11.8 Å². The second-order valence-electron chi connectivity index (χ2n) is 6.81. The number of aryl methyl sites for hydroxylation is 1. The van der Waals surface area contributed by atoms with Gasteiger partial charge in [-0.15, -0.1) is 11.3 Å². The average molecular weight is 449 g/mol. The van der Waals surface area contributed by atoms with Gasteiger partial charge in [0.1, 0.15) is 16.3 Å². The van der Waals surface area contributed by atoms with Crippen LogP contribution in [0.3, 0.4) is 0 Å². The van der Waals surface area contributed by atoms with Crippen LogP contribution in [0.5, 0.6) is 0 Å². The molecule has 0 aliphatic carbocycles. The molecule has 0 bridgehead atoms. The Kier molecular flexibility index (Phi) is 6.00. The minimum Gasteiger partial charge on any atom is -0.465 e. The molecule has 2 aromatic carbocycles. The maximum absolute atomic E-state index is 12.5. The number of thiazole rings is 1. The largest absolute Gasteiger partial charge is 0.465 e. The number of esters is 1. The molecule has 2 aromatic heterocycles. The van der Waals surface area contributed by atoms with Gasteiger partial charge in [-0.1, -0.05) is 30.3 Å². The Hall–Kier alpha value is -3.98. The van der Waals surface area contributed by atoms with Crippen molar-refractivity contribution >= 4 is 45.2 Å². The number of ether oxygens (including phenoxy) is 1. The third kappa shape index (κ3) is 4.23. The number of amides is 2. The van der Waals surface area contributed by atoms with E-state index in [0.29, 0.717) is 16.1 Å². The Balaban J connectivity index is 1.61. The zero-order valence-corrected chi connectivity index (χ0v) is 18.1. The monoisotopic (exact) mass is 449 g/mol. The van der Waals surface area contributed by atoms with E-state index in [1.807, 2.05) is 24.3 Å². The van der Waals surface area contributed by atoms with Crippen molar-refractivity contribution in [3.63, 3.8) is 0 Å². The molecule has 32 heavy (non-hydrogen) atoms. The van der Waals surface area contributed by atoms with Crippen molar-refractivity contribution in [3.05, 3.63) is 71.5 Å². The summed E-state index contributed by atoms with van der Waals surface area (Å²) in [5.41, 5.74) is 1.74. The van der Waals surface area contributed by atoms with Gasteiger partial charge in [-0.25, -0.2) is 9.78 Å². The summed E-state index contributed by atoms with van der Waals surface area (Å²) in [6.07, 6.45) is 0. The van der Waals surface area contributed by atoms with E-state index in [1.54, 1.807) is 37.3 Å². The van der Waals surface area contributed by atoms with Gasteiger partial charge in [0.15, 0.2) is 0 Å². The number of nitrogens with one attached hydrogen (secondary N) is 2. The number of rotatable bonds is 6. The third-order valence-corrected chi connectivity index (χ3v) is 5.73. The van der Waals surface area contributed by atoms with E-state index in [9.17, 15) is 14.4 Å². The molecule has 0 radical (unpaired) electrons. The first kappa shape index (κ1) is 21.3. The van der Waals surface area contributed by atoms with E-state index < -0.39 is 11.9 Å². The van der Waals surface area contributed by atoms with Gasteiger partial charge in [-0.05, 0) is 31.2 Å². The number of methoxy groups -OCH3 is 1. The molecule has 2 heterocycles. The summed E-state index contributed by atoms with van der Waals surface area (Å²) in [4.78, 5) is 41.8. The number of hydrogen-bond donors (Lipinski definition) is 2. The number of carbonyl (C=O) groups excluding carboxylic acids is 3. The van der Waals surface area contributed by atoms with Crippen LogP contribution in [-0.2, 0) is 9.53 Å². The molecule has 0 saturated heterocycles. The fraction of sp³-hybridized carbons (Fsp3) is 0.130. The van der Waals surface area contributed by atoms with Crippen LogP contribution >= 0.6 is 11.3 Å². The van der Waals surface area contributed by atoms with Crippen LogP contribution in [-0.4, -0.2) is 36.4 Å². The fourth-order valence-electron chi connectivity index (χ4n) is 3.19. The summed E-state index contributed by atoms with van der Waals surface area (Å²) in [6.45, 7) is 1.33. The molecule has 0 aliphatic rings. The summed E-state index contributed by atoms with van der Waals surface area (Å²) in [5.74, 6) is -1.13. The Bertz CT molecular complexity index is 1280. The molecular weight excluding hydrogens is 430 g/mol. The number of furan rings is 1. The summed E-state index contributed by atoms with van der Waals surface area (Å²) in [7, 11) is 1.27. The van der Waals surface area contributed by atoms with Crippen molar-refractivity contribution in [2.45, 2.75) is 6.92 Å². The normalized spacial score (nSPS) is 10.7. The number of aromatic nitrogens is 1. The fourth-order valence-corrected chi connectivity index (χ4v) is 4.20. The zero-order chi connectivity index (χ0) is 22.7. The lowest BCUT2D eigenvalue weighted by atomic mass is 10.1. The molecule has 4 rings (SSSR count). The van der Waals surface area contributed by atoms with Crippen molar-refractivity contribution in [3.8, 4) is 10.6 Å². The van der Waals surface area contributed by atoms with Crippen molar-refractivity contribution in [2.24, 2.45) is 0 Å². The molecule has 9 heteroatoms. The first-order valence-electron chi connectivity index (χ1n) is 9.68. The van der Waals surface area contributed by atoms with E-state index in [4.69, 9.17) is 9.15 Å². The van der Waals surface area contributed by atoms with Crippen LogP contribution in [0.15, 0.2) is 59.0 Å². The highest BCUT2D eigenvalue weighted by atomic mass is 32.1. The molecule has 2 amide bonds. The van der Waals surface area contributed by atoms with Crippen molar-refractivity contribution < 1.29 is 23.5 Å². The molecule has 0 fully saturated rings. The number of para-hydroxylation sites is 1. The maximum atomic E-state index is 12.5. The molecule has 162 valence electrons. The van der Waals surface area contributed by atoms with Crippen LogP contribution < -0.4 is 10.6 Å². The van der Waals surface area contributed by atoms with Crippen LogP contribution in [0.1, 0.15) is 26.5 Å². The molecule has 4 aromatic rings. The summed E-state index contributed by atoms with van der Waals surface area (Å²) in [6, 6.07) is 16.1.